The number of esters is 1. The molecule has 10 heteroatoms. The third-order valence-electron chi connectivity index (χ3n) is 9.15. The van der Waals surface area contributed by atoms with Crippen molar-refractivity contribution in [3.63, 3.8) is 0 Å². The van der Waals surface area contributed by atoms with Gasteiger partial charge in [-0.2, -0.15) is 0 Å². The number of methoxy groups -OCH3 is 1. The highest BCUT2D eigenvalue weighted by atomic mass is 28.3. The van der Waals surface area contributed by atoms with Crippen LogP contribution in [0.25, 0.3) is 0 Å². The normalized spacial score (nSPS) is 18.2. The molecule has 5 rings (SSSR count). The van der Waals surface area contributed by atoms with E-state index >= 15 is 0 Å². The number of benzene rings is 3. The highest BCUT2D eigenvalue weighted by molar-refractivity contribution is 7.02. The first-order valence-electron chi connectivity index (χ1n) is 15.4. The highest BCUT2D eigenvalue weighted by Gasteiger charge is 2.40. The summed E-state index contributed by atoms with van der Waals surface area (Å²) in [4.78, 5) is 39.8. The molecule has 2 heterocycles. The zero-order valence-electron chi connectivity index (χ0n) is 26.0. The minimum absolute atomic E-state index is 0.0649. The molecule has 0 spiro atoms. The van der Waals surface area contributed by atoms with Gasteiger partial charge in [0.2, 0.25) is 5.91 Å². The maximum absolute atomic E-state index is 13.7. The van der Waals surface area contributed by atoms with Crippen LogP contribution in [0.15, 0.2) is 107 Å². The molecule has 9 nitrogen and oxygen atoms in total. The topological polar surface area (TPSA) is 114 Å². The van der Waals surface area contributed by atoms with E-state index in [-0.39, 0.29) is 11.6 Å². The molecular weight excluding hydrogens is 584 g/mol. The van der Waals surface area contributed by atoms with Crippen molar-refractivity contribution in [2.75, 3.05) is 33.3 Å². The number of amides is 1. The summed E-state index contributed by atoms with van der Waals surface area (Å²) >= 11 is 0. The van der Waals surface area contributed by atoms with Gasteiger partial charge in [-0.3, -0.25) is 14.9 Å². The standard InChI is InChI=1S/C35H40N4O5Si/c1-25-31(33(32(26(2)37-25)35(41)44-3)27-15-17-28(18-16-27)39(42)43)34(40)36-19-10-20-38-21-23-45(24-22-38,29-11-6-4-7-12-29)30-13-8-5-9-14-30/h4-9,11-18,33,37H,10,19-24H2,1-3H3,(H,36,40). The molecule has 3 aromatic rings. The van der Waals surface area contributed by atoms with Gasteiger partial charge in [0.15, 0.2) is 0 Å². The number of carbonyl (C=O) groups is 2. The number of hydrogen-bond donors (Lipinski definition) is 2. The minimum Gasteiger partial charge on any atom is -0.466 e. The van der Waals surface area contributed by atoms with Gasteiger partial charge < -0.3 is 20.3 Å². The molecular formula is C35H40N4O5Si. The number of nitrogens with zero attached hydrogens (tertiary/aromatic N) is 2. The lowest BCUT2D eigenvalue weighted by atomic mass is 9.80. The number of non-ortho nitro benzene ring substituents is 1. The number of allylic oxidation sites excluding steroid dienone is 2. The van der Waals surface area contributed by atoms with Crippen molar-refractivity contribution in [3.8, 4) is 0 Å². The van der Waals surface area contributed by atoms with Crippen LogP contribution in [0.4, 0.5) is 5.69 Å². The lowest BCUT2D eigenvalue weighted by molar-refractivity contribution is -0.384. The van der Waals surface area contributed by atoms with Gasteiger partial charge in [-0.1, -0.05) is 83.2 Å². The van der Waals surface area contributed by atoms with Crippen molar-refractivity contribution < 1.29 is 19.2 Å². The average molecular weight is 625 g/mol. The second-order valence-corrected chi connectivity index (χ2v) is 16.1. The number of carbonyl (C=O) groups excluding carboxylic acids is 2. The Morgan fingerprint density at radius 1 is 0.911 bits per heavy atom. The van der Waals surface area contributed by atoms with Crippen molar-refractivity contribution in [2.24, 2.45) is 0 Å². The van der Waals surface area contributed by atoms with Crippen LogP contribution in [-0.4, -0.2) is 63.1 Å². The predicted molar refractivity (Wildman–Crippen MR) is 178 cm³/mol. The molecule has 0 bridgehead atoms. The lowest BCUT2D eigenvalue weighted by Crippen LogP contribution is -2.63. The summed E-state index contributed by atoms with van der Waals surface area (Å²) in [6.45, 7) is 6.96. The van der Waals surface area contributed by atoms with Crippen LogP contribution in [-0.2, 0) is 14.3 Å². The fraction of sp³-hybridized carbons (Fsp3) is 0.314. The van der Waals surface area contributed by atoms with Crippen molar-refractivity contribution in [3.05, 3.63) is 123 Å². The third-order valence-corrected chi connectivity index (χ3v) is 14.2. The molecule has 1 atom stereocenters. The number of nitro benzene ring substituents is 1. The predicted octanol–water partition coefficient (Wildman–Crippen LogP) is 4.09. The van der Waals surface area contributed by atoms with E-state index in [2.05, 4.69) is 76.2 Å². The van der Waals surface area contributed by atoms with Crippen LogP contribution in [0.3, 0.4) is 0 Å². The Morgan fingerprint density at radius 3 is 2.00 bits per heavy atom. The number of nitro groups is 1. The molecule has 1 amide bonds. The Balaban J connectivity index is 1.24. The van der Waals surface area contributed by atoms with Crippen LogP contribution in [0, 0.1) is 10.1 Å². The summed E-state index contributed by atoms with van der Waals surface area (Å²) in [6, 6.07) is 30.2. The van der Waals surface area contributed by atoms with E-state index in [9.17, 15) is 19.7 Å². The van der Waals surface area contributed by atoms with Gasteiger partial charge in [0.05, 0.1) is 23.5 Å². The van der Waals surface area contributed by atoms with E-state index < -0.39 is 24.9 Å². The second-order valence-electron chi connectivity index (χ2n) is 11.7. The molecule has 2 aliphatic heterocycles. The number of ether oxygens (including phenoxy) is 1. The van der Waals surface area contributed by atoms with E-state index in [4.69, 9.17) is 4.74 Å². The van der Waals surface area contributed by atoms with Gasteiger partial charge in [-0.25, -0.2) is 4.79 Å². The minimum atomic E-state index is -1.85. The Bertz CT molecular complexity index is 1560. The second kappa shape index (κ2) is 14.0. The molecule has 1 fully saturated rings. The van der Waals surface area contributed by atoms with Gasteiger partial charge in [0.1, 0.15) is 8.07 Å². The molecule has 234 valence electrons. The molecule has 2 aliphatic rings. The van der Waals surface area contributed by atoms with E-state index in [1.165, 1.54) is 29.6 Å². The van der Waals surface area contributed by atoms with Crippen LogP contribution >= 0.6 is 0 Å². The Hall–Kier alpha value is -4.54. The molecule has 1 unspecified atom stereocenters. The first-order valence-corrected chi connectivity index (χ1v) is 17.8. The highest BCUT2D eigenvalue weighted by Crippen LogP contribution is 2.39. The first kappa shape index (κ1) is 31.9. The van der Waals surface area contributed by atoms with Crippen LogP contribution < -0.4 is 21.0 Å². The molecule has 0 aromatic heterocycles. The number of nitrogens with one attached hydrogen (secondary N) is 2. The van der Waals surface area contributed by atoms with Crippen molar-refractivity contribution in [1.82, 2.24) is 15.5 Å². The van der Waals surface area contributed by atoms with Crippen LogP contribution in [0.5, 0.6) is 0 Å². The molecule has 45 heavy (non-hydrogen) atoms. The van der Waals surface area contributed by atoms with E-state index in [1.807, 2.05) is 0 Å². The van der Waals surface area contributed by atoms with E-state index in [0.29, 0.717) is 34.6 Å². The molecule has 3 aromatic carbocycles. The molecule has 0 aliphatic carbocycles. The number of rotatable bonds is 10. The lowest BCUT2D eigenvalue weighted by Gasteiger charge is -2.41. The monoisotopic (exact) mass is 624 g/mol. The maximum atomic E-state index is 13.7. The fourth-order valence-electron chi connectivity index (χ4n) is 6.81. The summed E-state index contributed by atoms with van der Waals surface area (Å²) < 4.78 is 5.07. The molecule has 2 N–H and O–H groups in total. The van der Waals surface area contributed by atoms with Gasteiger partial charge in [-0.05, 0) is 57.6 Å². The van der Waals surface area contributed by atoms with Crippen molar-refractivity contribution in [1.29, 1.82) is 0 Å². The van der Waals surface area contributed by atoms with Gasteiger partial charge in [0, 0.05) is 35.6 Å². The zero-order chi connectivity index (χ0) is 32.0. The van der Waals surface area contributed by atoms with E-state index in [0.717, 1.165) is 38.1 Å². The van der Waals surface area contributed by atoms with Crippen molar-refractivity contribution in [2.45, 2.75) is 38.3 Å². The van der Waals surface area contributed by atoms with Crippen molar-refractivity contribution >= 4 is 36.0 Å². The third kappa shape index (κ3) is 6.77. The van der Waals surface area contributed by atoms with Gasteiger partial charge >= 0.3 is 5.97 Å². The maximum Gasteiger partial charge on any atom is 0.336 e. The number of dihydropyridines is 1. The van der Waals surface area contributed by atoms with E-state index in [1.54, 1.807) is 26.0 Å². The SMILES string of the molecule is COC(=O)C1=C(C)NC(C)=C(C(=O)NCCCN2CC[Si](c3ccccc3)(c3ccccc3)CC2)C1c1ccc([N+](=O)[O-])cc1. The number of hydrogen-bond acceptors (Lipinski definition) is 7. The fourth-order valence-corrected chi connectivity index (χ4v) is 11.6. The summed E-state index contributed by atoms with van der Waals surface area (Å²) in [6.07, 6.45) is 0.789. The summed E-state index contributed by atoms with van der Waals surface area (Å²) in [5.74, 6) is -1.57. The molecule has 1 saturated heterocycles. The van der Waals surface area contributed by atoms with Crippen LogP contribution in [0.2, 0.25) is 12.1 Å². The average Bonchev–Trinajstić information content (AvgIpc) is 3.07. The zero-order valence-corrected chi connectivity index (χ0v) is 27.0. The summed E-state index contributed by atoms with van der Waals surface area (Å²) in [7, 11) is -0.552. The summed E-state index contributed by atoms with van der Waals surface area (Å²) in [5.41, 5.74) is 2.44. The summed E-state index contributed by atoms with van der Waals surface area (Å²) in [5, 5.41) is 20.5. The Labute approximate surface area is 265 Å². The Morgan fingerprint density at radius 2 is 1.47 bits per heavy atom. The Kier molecular flexibility index (Phi) is 9.95. The molecule has 0 saturated carbocycles. The smallest absolute Gasteiger partial charge is 0.336 e. The van der Waals surface area contributed by atoms with Crippen LogP contribution in [0.1, 0.15) is 31.7 Å². The largest absolute Gasteiger partial charge is 0.466 e. The van der Waals surface area contributed by atoms with Gasteiger partial charge in [-0.15, -0.1) is 0 Å². The molecule has 0 radical (unpaired) electrons. The van der Waals surface area contributed by atoms with Gasteiger partial charge in [0.25, 0.3) is 5.69 Å². The first-order chi connectivity index (χ1) is 21.7. The quantitative estimate of drug-likeness (QED) is 0.115.